The molecule has 1 aromatic rings. The number of hydrogen-bond acceptors (Lipinski definition) is 2. The van der Waals surface area contributed by atoms with Gasteiger partial charge < -0.3 is 9.84 Å². The molecule has 2 aliphatic carbocycles. The highest BCUT2D eigenvalue weighted by Gasteiger charge is 2.41. The van der Waals surface area contributed by atoms with E-state index in [4.69, 9.17) is 4.74 Å². The minimum absolute atomic E-state index is 0.0462. The summed E-state index contributed by atoms with van der Waals surface area (Å²) in [6, 6.07) is 6.29. The number of benzene rings is 1. The van der Waals surface area contributed by atoms with Gasteiger partial charge in [0.25, 0.3) is 0 Å². The average Bonchev–Trinajstić information content (AvgIpc) is 2.61. The van der Waals surface area contributed by atoms with E-state index in [0.717, 1.165) is 31.2 Å². The van der Waals surface area contributed by atoms with Gasteiger partial charge in [-0.1, -0.05) is 18.2 Å². The van der Waals surface area contributed by atoms with E-state index in [2.05, 4.69) is 18.2 Å². The van der Waals surface area contributed by atoms with E-state index in [-0.39, 0.29) is 11.7 Å². The predicted octanol–water partition coefficient (Wildman–Crippen LogP) is 2.69. The summed E-state index contributed by atoms with van der Waals surface area (Å²) < 4.78 is 5.74. The predicted molar refractivity (Wildman–Crippen MR) is 62.3 cm³/mol. The first-order chi connectivity index (χ1) is 7.77. The Morgan fingerprint density at radius 3 is 2.81 bits per heavy atom. The molecule has 1 unspecified atom stereocenters. The third-order valence-corrected chi connectivity index (χ3v) is 4.28. The lowest BCUT2D eigenvalue weighted by atomic mass is 9.73. The van der Waals surface area contributed by atoms with E-state index in [1.165, 1.54) is 17.5 Å². The fourth-order valence-corrected chi connectivity index (χ4v) is 3.14. The first kappa shape index (κ1) is 10.3. The van der Waals surface area contributed by atoms with Gasteiger partial charge in [0.05, 0.1) is 11.7 Å². The van der Waals surface area contributed by atoms with Crippen molar-refractivity contribution in [1.82, 2.24) is 0 Å². The Bertz CT molecular complexity index is 402. The minimum Gasteiger partial charge on any atom is -0.388 e. The molecule has 86 valence electrons. The van der Waals surface area contributed by atoms with Crippen molar-refractivity contribution in [2.45, 2.75) is 43.8 Å². The average molecular weight is 218 g/mol. The van der Waals surface area contributed by atoms with Crippen molar-refractivity contribution in [3.05, 3.63) is 34.9 Å². The molecule has 2 heteroatoms. The van der Waals surface area contributed by atoms with Crippen LogP contribution in [0.5, 0.6) is 0 Å². The molecule has 0 spiro atoms. The van der Waals surface area contributed by atoms with Crippen molar-refractivity contribution in [3.8, 4) is 0 Å². The first-order valence-electron chi connectivity index (χ1n) is 6.12. The Kier molecular flexibility index (Phi) is 2.30. The maximum absolute atomic E-state index is 9.89. The van der Waals surface area contributed by atoms with Crippen LogP contribution in [-0.4, -0.2) is 12.2 Å². The molecular weight excluding hydrogens is 200 g/mol. The van der Waals surface area contributed by atoms with E-state index >= 15 is 0 Å². The quantitative estimate of drug-likeness (QED) is 0.827. The lowest BCUT2D eigenvalue weighted by Crippen LogP contribution is -2.37. The van der Waals surface area contributed by atoms with E-state index in [0.29, 0.717) is 0 Å². The lowest BCUT2D eigenvalue weighted by molar-refractivity contribution is -0.0784. The number of hydrogen-bond donors (Lipinski definition) is 1. The maximum Gasteiger partial charge on any atom is 0.0930 e. The van der Waals surface area contributed by atoms with Gasteiger partial charge in [-0.25, -0.2) is 0 Å². The Labute approximate surface area is 96.2 Å². The number of aliphatic hydroxyl groups excluding tert-OH is 1. The molecule has 1 fully saturated rings. The molecule has 0 heterocycles. The zero-order valence-corrected chi connectivity index (χ0v) is 9.70. The van der Waals surface area contributed by atoms with Crippen molar-refractivity contribution in [2.24, 2.45) is 0 Å². The van der Waals surface area contributed by atoms with Gasteiger partial charge in [-0.05, 0) is 48.8 Å². The summed E-state index contributed by atoms with van der Waals surface area (Å²) in [6.07, 6.45) is 5.10. The number of ether oxygens (including phenoxy) is 1. The summed E-state index contributed by atoms with van der Waals surface area (Å²) in [5.74, 6) is 0. The topological polar surface area (TPSA) is 29.5 Å². The van der Waals surface area contributed by atoms with Crippen LogP contribution < -0.4 is 0 Å². The highest BCUT2D eigenvalue weighted by molar-refractivity contribution is 5.44. The molecule has 0 aromatic heterocycles. The van der Waals surface area contributed by atoms with Crippen LogP contribution in [0.4, 0.5) is 0 Å². The number of aliphatic hydroxyl groups is 1. The summed E-state index contributed by atoms with van der Waals surface area (Å²) in [5, 5.41) is 9.89. The summed E-state index contributed by atoms with van der Waals surface area (Å²) in [7, 11) is 1.81. The maximum atomic E-state index is 9.89. The second-order valence-corrected chi connectivity index (χ2v) is 4.98. The number of methoxy groups -OCH3 is 1. The lowest BCUT2D eigenvalue weighted by Gasteiger charge is -2.42. The summed E-state index contributed by atoms with van der Waals surface area (Å²) in [4.78, 5) is 0. The summed E-state index contributed by atoms with van der Waals surface area (Å²) in [6.45, 7) is 0. The number of fused-ring (bicyclic) bond motifs is 1. The van der Waals surface area contributed by atoms with Crippen LogP contribution in [0.1, 0.15) is 48.5 Å². The second kappa shape index (κ2) is 3.57. The Balaban J connectivity index is 2.08. The third kappa shape index (κ3) is 1.26. The van der Waals surface area contributed by atoms with E-state index < -0.39 is 0 Å². The summed E-state index contributed by atoms with van der Waals surface area (Å²) >= 11 is 0. The molecule has 1 atom stereocenters. The van der Waals surface area contributed by atoms with Gasteiger partial charge in [-0.2, -0.15) is 0 Å². The Morgan fingerprint density at radius 2 is 2.19 bits per heavy atom. The molecule has 1 aromatic carbocycles. The van der Waals surface area contributed by atoms with Crippen LogP contribution >= 0.6 is 0 Å². The molecule has 1 N–H and O–H groups in total. The van der Waals surface area contributed by atoms with Gasteiger partial charge in [0, 0.05) is 7.11 Å². The molecule has 3 rings (SSSR count). The van der Waals surface area contributed by atoms with Crippen LogP contribution in [0.25, 0.3) is 0 Å². The van der Waals surface area contributed by atoms with Gasteiger partial charge in [0.1, 0.15) is 0 Å². The van der Waals surface area contributed by atoms with E-state index in [9.17, 15) is 5.11 Å². The molecule has 0 amide bonds. The van der Waals surface area contributed by atoms with Crippen molar-refractivity contribution in [1.29, 1.82) is 0 Å². The SMILES string of the molecule is COC1(c2cccc3c2CCC3O)CCC1. The number of rotatable bonds is 2. The van der Waals surface area contributed by atoms with Crippen molar-refractivity contribution in [3.63, 3.8) is 0 Å². The van der Waals surface area contributed by atoms with Crippen LogP contribution in [0.3, 0.4) is 0 Å². The van der Waals surface area contributed by atoms with Gasteiger partial charge in [-0.3, -0.25) is 0 Å². The highest BCUT2D eigenvalue weighted by Crippen LogP contribution is 2.48. The van der Waals surface area contributed by atoms with Crippen LogP contribution in [0.15, 0.2) is 18.2 Å². The second-order valence-electron chi connectivity index (χ2n) is 4.98. The zero-order valence-electron chi connectivity index (χ0n) is 9.70. The fraction of sp³-hybridized carbons (Fsp3) is 0.571. The molecular formula is C14H18O2. The molecule has 0 saturated heterocycles. The highest BCUT2D eigenvalue weighted by atomic mass is 16.5. The molecule has 1 saturated carbocycles. The fourth-order valence-electron chi connectivity index (χ4n) is 3.14. The standard InChI is InChI=1S/C14H18O2/c1-16-14(8-3-9-14)12-5-2-4-11-10(12)6-7-13(11)15/h2,4-5,13,15H,3,6-9H2,1H3. The van der Waals surface area contributed by atoms with Crippen molar-refractivity contribution in [2.75, 3.05) is 7.11 Å². The monoisotopic (exact) mass is 218 g/mol. The Hall–Kier alpha value is -0.860. The van der Waals surface area contributed by atoms with Crippen LogP contribution in [-0.2, 0) is 16.8 Å². The third-order valence-electron chi connectivity index (χ3n) is 4.28. The van der Waals surface area contributed by atoms with Gasteiger partial charge in [0.15, 0.2) is 0 Å². The van der Waals surface area contributed by atoms with Crippen molar-refractivity contribution < 1.29 is 9.84 Å². The first-order valence-corrected chi connectivity index (χ1v) is 6.12. The Morgan fingerprint density at radius 1 is 1.38 bits per heavy atom. The molecule has 2 aliphatic rings. The van der Waals surface area contributed by atoms with Crippen LogP contribution in [0, 0.1) is 0 Å². The van der Waals surface area contributed by atoms with Gasteiger partial charge in [-0.15, -0.1) is 0 Å². The van der Waals surface area contributed by atoms with E-state index in [1.807, 2.05) is 7.11 Å². The smallest absolute Gasteiger partial charge is 0.0930 e. The molecule has 0 aliphatic heterocycles. The van der Waals surface area contributed by atoms with Gasteiger partial charge in [0.2, 0.25) is 0 Å². The largest absolute Gasteiger partial charge is 0.388 e. The molecule has 2 nitrogen and oxygen atoms in total. The normalized spacial score (nSPS) is 26.2. The molecule has 16 heavy (non-hydrogen) atoms. The minimum atomic E-state index is -0.260. The zero-order chi connectivity index (χ0) is 11.2. The van der Waals surface area contributed by atoms with Crippen molar-refractivity contribution >= 4 is 0 Å². The van der Waals surface area contributed by atoms with Crippen LogP contribution in [0.2, 0.25) is 0 Å². The summed E-state index contributed by atoms with van der Waals surface area (Å²) in [5.41, 5.74) is 3.75. The van der Waals surface area contributed by atoms with Gasteiger partial charge >= 0.3 is 0 Å². The van der Waals surface area contributed by atoms with E-state index in [1.54, 1.807) is 0 Å². The molecule has 0 bridgehead atoms. The molecule has 0 radical (unpaired) electrons.